The molecule has 0 aliphatic carbocycles. The number of fused-ring (bicyclic) bond motifs is 3. The molecule has 0 spiro atoms. The minimum Gasteiger partial charge on any atom is -0.396 e. The lowest BCUT2D eigenvalue weighted by Crippen LogP contribution is -2.18. The molecule has 2 heterocycles. The Kier molecular flexibility index (Phi) is 6.72. The number of anilines is 1. The van der Waals surface area contributed by atoms with Gasteiger partial charge >= 0.3 is 0 Å². The third-order valence-corrected chi connectivity index (χ3v) is 5.54. The third-order valence-electron chi connectivity index (χ3n) is 5.54. The first-order chi connectivity index (χ1) is 14.4. The smallest absolute Gasteiger partial charge is 0.246 e. The summed E-state index contributed by atoms with van der Waals surface area (Å²) in [5.41, 5.74) is 9.67. The van der Waals surface area contributed by atoms with Crippen molar-refractivity contribution < 1.29 is 9.90 Å². The van der Waals surface area contributed by atoms with Gasteiger partial charge in [-0.25, -0.2) is 9.97 Å². The normalized spacial score (nSPS) is 12.8. The van der Waals surface area contributed by atoms with Gasteiger partial charge in [0, 0.05) is 45.1 Å². The van der Waals surface area contributed by atoms with Gasteiger partial charge in [0.15, 0.2) is 5.82 Å². The van der Waals surface area contributed by atoms with Crippen LogP contribution in [0.5, 0.6) is 0 Å². The van der Waals surface area contributed by atoms with Crippen LogP contribution in [0.1, 0.15) is 38.1 Å². The zero-order valence-electron chi connectivity index (χ0n) is 18.2. The number of hydrogen-bond donors (Lipinski definition) is 2. The molecule has 1 amide bonds. The Bertz CT molecular complexity index is 1080. The van der Waals surface area contributed by atoms with E-state index in [-0.39, 0.29) is 12.5 Å². The standard InChI is InChI=1S/C23H31N5O2/c1-5-15(11-12-29)14-28-19(6-2)26-21-22(28)17-9-7-16(8-10-20(30)27(3)4)13-18(17)25-23(21)24/h7-10,13,15,29H,5-6,11-12,14H2,1-4H3,(H2,24,25)/b10-8+. The zero-order valence-corrected chi connectivity index (χ0v) is 18.2. The number of nitrogens with two attached hydrogens (primary N) is 1. The summed E-state index contributed by atoms with van der Waals surface area (Å²) >= 11 is 0. The van der Waals surface area contributed by atoms with Crippen LogP contribution < -0.4 is 5.73 Å². The first kappa shape index (κ1) is 21.8. The number of nitrogen functional groups attached to an aromatic ring is 1. The van der Waals surface area contributed by atoms with Gasteiger partial charge in [0.2, 0.25) is 5.91 Å². The number of amides is 1. The second-order valence-electron chi connectivity index (χ2n) is 7.82. The van der Waals surface area contributed by atoms with E-state index in [2.05, 4.69) is 23.4 Å². The number of nitrogens with zero attached hydrogens (tertiary/aromatic N) is 4. The summed E-state index contributed by atoms with van der Waals surface area (Å²) in [6.45, 7) is 5.20. The van der Waals surface area contributed by atoms with Crippen LogP contribution in [0.2, 0.25) is 0 Å². The molecule has 7 heteroatoms. The fourth-order valence-electron chi connectivity index (χ4n) is 3.73. The molecule has 0 saturated heterocycles. The quantitative estimate of drug-likeness (QED) is 0.557. The lowest BCUT2D eigenvalue weighted by Gasteiger charge is -2.17. The summed E-state index contributed by atoms with van der Waals surface area (Å²) in [5.74, 6) is 1.68. The molecular weight excluding hydrogens is 378 g/mol. The Hall–Kier alpha value is -2.93. The largest absolute Gasteiger partial charge is 0.396 e. The number of aliphatic hydroxyl groups excluding tert-OH is 1. The van der Waals surface area contributed by atoms with E-state index in [1.807, 2.05) is 18.2 Å². The number of aromatic nitrogens is 3. The van der Waals surface area contributed by atoms with Crippen LogP contribution in [-0.2, 0) is 17.8 Å². The average molecular weight is 410 g/mol. The molecule has 30 heavy (non-hydrogen) atoms. The van der Waals surface area contributed by atoms with Crippen LogP contribution in [0.4, 0.5) is 5.82 Å². The van der Waals surface area contributed by atoms with Crippen molar-refractivity contribution in [1.82, 2.24) is 19.4 Å². The Morgan fingerprint density at radius 1 is 1.30 bits per heavy atom. The minimum absolute atomic E-state index is 0.0711. The molecule has 0 saturated carbocycles. The first-order valence-electron chi connectivity index (χ1n) is 10.5. The molecule has 0 aliphatic rings. The van der Waals surface area contributed by atoms with E-state index < -0.39 is 0 Å². The minimum atomic E-state index is -0.0711. The van der Waals surface area contributed by atoms with E-state index in [0.717, 1.165) is 59.1 Å². The van der Waals surface area contributed by atoms with Crippen LogP contribution in [0, 0.1) is 5.92 Å². The fraction of sp³-hybridized carbons (Fsp3) is 0.435. The Balaban J connectivity index is 2.14. The van der Waals surface area contributed by atoms with Gasteiger partial charge in [0.25, 0.3) is 0 Å². The summed E-state index contributed by atoms with van der Waals surface area (Å²) in [4.78, 5) is 22.7. The van der Waals surface area contributed by atoms with E-state index in [4.69, 9.17) is 10.7 Å². The molecule has 3 N–H and O–H groups in total. The number of carbonyl (C=O) groups is 1. The Morgan fingerprint density at radius 2 is 2.07 bits per heavy atom. The number of pyridine rings is 1. The highest BCUT2D eigenvalue weighted by Gasteiger charge is 2.19. The van der Waals surface area contributed by atoms with Crippen molar-refractivity contribution in [1.29, 1.82) is 0 Å². The van der Waals surface area contributed by atoms with Crippen molar-refractivity contribution in [2.75, 3.05) is 26.4 Å². The van der Waals surface area contributed by atoms with Crippen molar-refractivity contribution in [2.24, 2.45) is 5.92 Å². The van der Waals surface area contributed by atoms with Crippen molar-refractivity contribution in [2.45, 2.75) is 39.7 Å². The molecule has 0 bridgehead atoms. The Morgan fingerprint density at radius 3 is 2.70 bits per heavy atom. The average Bonchev–Trinajstić information content (AvgIpc) is 3.10. The third kappa shape index (κ3) is 4.31. The van der Waals surface area contributed by atoms with Gasteiger partial charge < -0.3 is 20.3 Å². The number of rotatable bonds is 8. The molecule has 3 aromatic rings. The van der Waals surface area contributed by atoms with E-state index in [0.29, 0.717) is 11.7 Å². The van der Waals surface area contributed by atoms with Crippen LogP contribution in [-0.4, -0.2) is 51.2 Å². The molecular formula is C23H31N5O2. The molecule has 0 aliphatic heterocycles. The molecule has 0 radical (unpaired) electrons. The molecule has 1 aromatic carbocycles. The number of likely N-dealkylation sites (N-methyl/N-ethyl adjacent to an activating group) is 1. The van der Waals surface area contributed by atoms with Crippen molar-refractivity contribution in [3.05, 3.63) is 35.7 Å². The van der Waals surface area contributed by atoms with Crippen molar-refractivity contribution >= 4 is 39.7 Å². The number of hydrogen-bond acceptors (Lipinski definition) is 5. The summed E-state index contributed by atoms with van der Waals surface area (Å²) in [5, 5.41) is 10.4. The highest BCUT2D eigenvalue weighted by molar-refractivity contribution is 6.07. The summed E-state index contributed by atoms with van der Waals surface area (Å²) in [6, 6.07) is 5.94. The van der Waals surface area contributed by atoms with E-state index in [9.17, 15) is 9.90 Å². The predicted molar refractivity (Wildman–Crippen MR) is 122 cm³/mol. The van der Waals surface area contributed by atoms with E-state index in [1.165, 1.54) is 4.90 Å². The van der Waals surface area contributed by atoms with E-state index in [1.54, 1.807) is 26.2 Å². The summed E-state index contributed by atoms with van der Waals surface area (Å²) < 4.78 is 2.24. The number of aliphatic hydroxyl groups is 1. The lowest BCUT2D eigenvalue weighted by molar-refractivity contribution is -0.123. The second kappa shape index (κ2) is 9.26. The topological polar surface area (TPSA) is 97.3 Å². The van der Waals surface area contributed by atoms with Gasteiger partial charge in [-0.1, -0.05) is 32.4 Å². The number of aryl methyl sites for hydroxylation is 1. The first-order valence-corrected chi connectivity index (χ1v) is 10.5. The maximum Gasteiger partial charge on any atom is 0.246 e. The summed E-state index contributed by atoms with van der Waals surface area (Å²) in [6.07, 6.45) is 5.86. The predicted octanol–water partition coefficient (Wildman–Crippen LogP) is 3.24. The number of benzene rings is 1. The number of imidazole rings is 1. The van der Waals surface area contributed by atoms with E-state index >= 15 is 0 Å². The summed E-state index contributed by atoms with van der Waals surface area (Å²) in [7, 11) is 3.44. The molecule has 3 rings (SSSR count). The molecule has 1 unspecified atom stereocenters. The van der Waals surface area contributed by atoms with Crippen molar-refractivity contribution in [3.63, 3.8) is 0 Å². The van der Waals surface area contributed by atoms with Gasteiger partial charge in [-0.05, 0) is 30.0 Å². The van der Waals surface area contributed by atoms with Gasteiger partial charge in [-0.15, -0.1) is 0 Å². The van der Waals surface area contributed by atoms with Crippen molar-refractivity contribution in [3.8, 4) is 0 Å². The highest BCUT2D eigenvalue weighted by atomic mass is 16.3. The fourth-order valence-corrected chi connectivity index (χ4v) is 3.73. The lowest BCUT2D eigenvalue weighted by atomic mass is 10.0. The van der Waals surface area contributed by atoms with Gasteiger partial charge in [0.05, 0.1) is 11.0 Å². The molecule has 1 atom stereocenters. The maximum atomic E-state index is 11.8. The monoisotopic (exact) mass is 409 g/mol. The molecule has 0 fully saturated rings. The SMILES string of the molecule is CCc1nc2c(N)nc3cc(/C=C/C(=O)N(C)C)ccc3c2n1CC(CC)CCO. The molecule has 7 nitrogen and oxygen atoms in total. The second-order valence-corrected chi connectivity index (χ2v) is 7.82. The molecule has 2 aromatic heterocycles. The van der Waals surface area contributed by atoms with Gasteiger partial charge in [-0.3, -0.25) is 4.79 Å². The van der Waals surface area contributed by atoms with Crippen LogP contribution in [0.3, 0.4) is 0 Å². The Labute approximate surface area is 177 Å². The van der Waals surface area contributed by atoms with Crippen LogP contribution in [0.15, 0.2) is 24.3 Å². The molecule has 160 valence electrons. The van der Waals surface area contributed by atoms with Gasteiger partial charge in [-0.2, -0.15) is 0 Å². The maximum absolute atomic E-state index is 11.8. The van der Waals surface area contributed by atoms with Crippen LogP contribution in [0.25, 0.3) is 28.0 Å². The zero-order chi connectivity index (χ0) is 21.8. The highest BCUT2D eigenvalue weighted by Crippen LogP contribution is 2.31. The van der Waals surface area contributed by atoms with Crippen LogP contribution >= 0.6 is 0 Å². The van der Waals surface area contributed by atoms with Gasteiger partial charge in [0.1, 0.15) is 11.3 Å². The number of carbonyl (C=O) groups excluding carboxylic acids is 1.